The number of fused-ring (bicyclic) bond motifs is 1. The molecule has 0 fully saturated rings. The van der Waals surface area contributed by atoms with Crippen LogP contribution in [0.4, 0.5) is 13.2 Å². The van der Waals surface area contributed by atoms with E-state index in [1.165, 1.54) is 27.7 Å². The number of aromatic nitrogens is 5. The first kappa shape index (κ1) is 15.5. The third-order valence-corrected chi connectivity index (χ3v) is 3.01. The molecule has 2 aromatic heterocycles. The van der Waals surface area contributed by atoms with Gasteiger partial charge in [-0.1, -0.05) is 11.1 Å². The summed E-state index contributed by atoms with van der Waals surface area (Å²) in [6.45, 7) is 0.0398. The maximum Gasteiger partial charge on any atom is 0.573 e. The number of rotatable bonds is 3. The molecule has 2 heterocycles. The van der Waals surface area contributed by atoms with E-state index in [1.54, 1.807) is 0 Å². The molecule has 122 valence electrons. The highest BCUT2D eigenvalue weighted by atomic mass is 19.4. The smallest absolute Gasteiger partial charge is 0.406 e. The molecule has 0 amide bonds. The number of nitrogens with zero attached hydrogens (tertiary/aromatic N) is 5. The number of benzene rings is 1. The highest BCUT2D eigenvalue weighted by molar-refractivity contribution is 5.70. The van der Waals surface area contributed by atoms with Crippen LogP contribution in [-0.2, 0) is 6.54 Å². The van der Waals surface area contributed by atoms with Gasteiger partial charge in [-0.25, -0.2) is 4.98 Å². The molecule has 0 aliphatic heterocycles. The van der Waals surface area contributed by atoms with Crippen molar-refractivity contribution >= 4 is 11.2 Å². The highest BCUT2D eigenvalue weighted by Crippen LogP contribution is 2.24. The Morgan fingerprint density at radius 1 is 1.25 bits per heavy atom. The van der Waals surface area contributed by atoms with Gasteiger partial charge < -0.3 is 4.74 Å². The van der Waals surface area contributed by atoms with E-state index >= 15 is 0 Å². The molecule has 0 saturated heterocycles. The lowest BCUT2D eigenvalue weighted by atomic mass is 10.3. The van der Waals surface area contributed by atoms with Crippen LogP contribution in [0, 0.1) is 12.3 Å². The molecule has 0 aliphatic rings. The second-order valence-electron chi connectivity index (χ2n) is 4.60. The number of hydrogen-bond donors (Lipinski definition) is 0. The minimum Gasteiger partial charge on any atom is -0.406 e. The minimum atomic E-state index is -4.77. The van der Waals surface area contributed by atoms with Crippen LogP contribution in [-0.4, -0.2) is 30.9 Å². The summed E-state index contributed by atoms with van der Waals surface area (Å²) in [5, 5.41) is 7.56. The van der Waals surface area contributed by atoms with Crippen molar-refractivity contribution in [2.24, 2.45) is 0 Å². The molecule has 3 rings (SSSR count). The molecule has 0 saturated carbocycles. The maximum absolute atomic E-state index is 12.2. The van der Waals surface area contributed by atoms with Crippen molar-refractivity contribution < 1.29 is 17.9 Å². The van der Waals surface area contributed by atoms with Gasteiger partial charge in [0, 0.05) is 0 Å². The number of halogens is 3. The monoisotopic (exact) mass is 335 g/mol. The average Bonchev–Trinajstić information content (AvgIpc) is 2.94. The summed E-state index contributed by atoms with van der Waals surface area (Å²) in [6, 6.07) is 4.92. The first-order valence-corrected chi connectivity index (χ1v) is 6.49. The van der Waals surface area contributed by atoms with Crippen LogP contribution in [0.2, 0.25) is 0 Å². The van der Waals surface area contributed by atoms with Crippen LogP contribution < -0.4 is 10.3 Å². The molecule has 0 radical (unpaired) electrons. The molecule has 0 spiro atoms. The van der Waals surface area contributed by atoms with Crippen molar-refractivity contribution in [3.8, 4) is 23.8 Å². The van der Waals surface area contributed by atoms with Crippen LogP contribution in [0.5, 0.6) is 5.75 Å². The molecule has 0 unspecified atom stereocenters. The van der Waals surface area contributed by atoms with E-state index in [-0.39, 0.29) is 23.5 Å². The predicted molar refractivity (Wildman–Crippen MR) is 76.4 cm³/mol. The zero-order chi connectivity index (χ0) is 17.3. The van der Waals surface area contributed by atoms with Gasteiger partial charge in [0.1, 0.15) is 12.1 Å². The standard InChI is InChI=1S/C14H8F3N5O2/c1-2-7-21-8-18-12-11(13(21)23)19-20-22(12)9-3-5-10(6-4-9)24-14(15,16)17/h1,3-6,8H,7H2. The van der Waals surface area contributed by atoms with Crippen molar-refractivity contribution in [1.29, 1.82) is 0 Å². The second kappa shape index (κ2) is 5.69. The topological polar surface area (TPSA) is 74.8 Å². The van der Waals surface area contributed by atoms with Gasteiger partial charge in [-0.2, -0.15) is 4.68 Å². The Labute approximate surface area is 132 Å². The second-order valence-corrected chi connectivity index (χ2v) is 4.60. The fourth-order valence-corrected chi connectivity index (χ4v) is 2.02. The quantitative estimate of drug-likeness (QED) is 0.678. The zero-order valence-corrected chi connectivity index (χ0v) is 11.9. The summed E-state index contributed by atoms with van der Waals surface area (Å²) in [4.78, 5) is 16.2. The van der Waals surface area contributed by atoms with Gasteiger partial charge in [0.2, 0.25) is 0 Å². The molecule has 0 bridgehead atoms. The number of terminal acetylenes is 1. The zero-order valence-electron chi connectivity index (χ0n) is 11.9. The fraction of sp³-hybridized carbons (Fsp3) is 0.143. The SMILES string of the molecule is C#CCn1cnc2c(nnn2-c2ccc(OC(F)(F)F)cc2)c1=O. The van der Waals surface area contributed by atoms with E-state index in [1.807, 2.05) is 0 Å². The number of alkyl halides is 3. The number of ether oxygens (including phenoxy) is 1. The van der Waals surface area contributed by atoms with Crippen LogP contribution in [0.3, 0.4) is 0 Å². The van der Waals surface area contributed by atoms with Gasteiger partial charge >= 0.3 is 6.36 Å². The Kier molecular flexibility index (Phi) is 3.69. The first-order chi connectivity index (χ1) is 11.4. The van der Waals surface area contributed by atoms with Crippen molar-refractivity contribution in [2.75, 3.05) is 0 Å². The van der Waals surface area contributed by atoms with Gasteiger partial charge in [0.25, 0.3) is 5.56 Å². The van der Waals surface area contributed by atoms with Crippen LogP contribution in [0.1, 0.15) is 0 Å². The third-order valence-electron chi connectivity index (χ3n) is 3.01. The van der Waals surface area contributed by atoms with E-state index in [2.05, 4.69) is 26.0 Å². The van der Waals surface area contributed by atoms with Crippen molar-refractivity contribution in [3.05, 3.63) is 40.9 Å². The van der Waals surface area contributed by atoms with E-state index in [0.717, 1.165) is 12.1 Å². The summed E-state index contributed by atoms with van der Waals surface area (Å²) in [7, 11) is 0. The Balaban J connectivity index is 2.00. The average molecular weight is 335 g/mol. The van der Waals surface area contributed by atoms with Crippen LogP contribution in [0.25, 0.3) is 16.9 Å². The molecular formula is C14H8F3N5O2. The summed E-state index contributed by atoms with van der Waals surface area (Å²) >= 11 is 0. The van der Waals surface area contributed by atoms with Gasteiger partial charge in [0.15, 0.2) is 11.2 Å². The van der Waals surface area contributed by atoms with E-state index in [0.29, 0.717) is 5.69 Å². The summed E-state index contributed by atoms with van der Waals surface area (Å²) < 4.78 is 42.7. The Morgan fingerprint density at radius 2 is 1.96 bits per heavy atom. The molecule has 24 heavy (non-hydrogen) atoms. The largest absolute Gasteiger partial charge is 0.573 e. The molecule has 1 aromatic carbocycles. The van der Waals surface area contributed by atoms with Gasteiger partial charge in [0.05, 0.1) is 12.2 Å². The first-order valence-electron chi connectivity index (χ1n) is 6.49. The molecular weight excluding hydrogens is 327 g/mol. The summed E-state index contributed by atoms with van der Waals surface area (Å²) in [5.41, 5.74) is 0.0796. The molecule has 10 heteroatoms. The summed E-state index contributed by atoms with van der Waals surface area (Å²) in [5.74, 6) is 1.94. The van der Waals surface area contributed by atoms with Crippen molar-refractivity contribution in [2.45, 2.75) is 12.9 Å². The van der Waals surface area contributed by atoms with Gasteiger partial charge in [-0.3, -0.25) is 9.36 Å². The Hall–Kier alpha value is -3.35. The molecule has 0 atom stereocenters. The molecule has 3 aromatic rings. The van der Waals surface area contributed by atoms with E-state index < -0.39 is 11.9 Å². The fourth-order valence-electron chi connectivity index (χ4n) is 2.02. The number of hydrogen-bond acceptors (Lipinski definition) is 5. The predicted octanol–water partition coefficient (Wildman–Crippen LogP) is 1.51. The third kappa shape index (κ3) is 2.91. The lowest BCUT2D eigenvalue weighted by Crippen LogP contribution is -2.20. The molecule has 7 nitrogen and oxygen atoms in total. The van der Waals surface area contributed by atoms with Crippen LogP contribution in [0.15, 0.2) is 35.4 Å². The van der Waals surface area contributed by atoms with Crippen molar-refractivity contribution in [1.82, 2.24) is 24.5 Å². The lowest BCUT2D eigenvalue weighted by Gasteiger charge is -2.09. The highest BCUT2D eigenvalue weighted by Gasteiger charge is 2.31. The van der Waals surface area contributed by atoms with E-state index in [4.69, 9.17) is 6.42 Å². The van der Waals surface area contributed by atoms with Crippen LogP contribution >= 0.6 is 0 Å². The van der Waals surface area contributed by atoms with Gasteiger partial charge in [-0.05, 0) is 24.3 Å². The van der Waals surface area contributed by atoms with E-state index in [9.17, 15) is 18.0 Å². The normalized spacial score (nSPS) is 11.4. The summed E-state index contributed by atoms with van der Waals surface area (Å²) in [6.07, 6.45) is 1.64. The Morgan fingerprint density at radius 3 is 2.58 bits per heavy atom. The molecule has 0 aliphatic carbocycles. The van der Waals surface area contributed by atoms with Gasteiger partial charge in [-0.15, -0.1) is 24.7 Å². The maximum atomic E-state index is 12.2. The minimum absolute atomic E-state index is 0.00312. The van der Waals surface area contributed by atoms with Crippen molar-refractivity contribution in [3.63, 3.8) is 0 Å². The molecule has 0 N–H and O–H groups in total. The lowest BCUT2D eigenvalue weighted by molar-refractivity contribution is -0.274. The Bertz CT molecular complexity index is 983.